The van der Waals surface area contributed by atoms with E-state index >= 15 is 0 Å². The van der Waals surface area contributed by atoms with Crippen molar-refractivity contribution in [1.29, 1.82) is 0 Å². The molecule has 1 aliphatic heterocycles. The van der Waals surface area contributed by atoms with Crippen molar-refractivity contribution < 1.29 is 39.0 Å². The first-order valence-corrected chi connectivity index (χ1v) is 11.6. The van der Waals surface area contributed by atoms with Gasteiger partial charge in [-0.3, -0.25) is 28.8 Å². The molecule has 1 saturated heterocycles. The van der Waals surface area contributed by atoms with Crippen molar-refractivity contribution in [2.75, 3.05) is 18.9 Å². The number of carbonyl (C=O) groups excluding carboxylic acids is 5. The molecule has 0 aliphatic carbocycles. The maximum atomic E-state index is 12.8. The van der Waals surface area contributed by atoms with Gasteiger partial charge in [-0.25, -0.2) is 0 Å². The van der Waals surface area contributed by atoms with Gasteiger partial charge in [0.05, 0.1) is 19.1 Å². The molecule has 1 aliphatic rings. The maximum Gasteiger partial charge on any atom is 0.318 e. The number of amides is 5. The third-order valence-electron chi connectivity index (χ3n) is 4.66. The summed E-state index contributed by atoms with van der Waals surface area (Å²) in [6, 6.07) is -5.11. The van der Waals surface area contributed by atoms with E-state index in [9.17, 15) is 39.0 Å². The molecule has 15 heteroatoms. The van der Waals surface area contributed by atoms with Crippen LogP contribution in [0.1, 0.15) is 27.2 Å². The second kappa shape index (κ2) is 13.7. The highest BCUT2D eigenvalue weighted by Gasteiger charge is 2.32. The van der Waals surface area contributed by atoms with Gasteiger partial charge in [0.2, 0.25) is 29.5 Å². The smallest absolute Gasteiger partial charge is 0.318 e. The molecule has 0 radical (unpaired) electrons. The summed E-state index contributed by atoms with van der Waals surface area (Å²) in [6.45, 7) is 3.71. The van der Waals surface area contributed by atoms with Crippen molar-refractivity contribution in [3.05, 3.63) is 0 Å². The highest BCUT2D eigenvalue weighted by Crippen LogP contribution is 2.14. The standard InChI is InChI=1S/C19H32N6O8S/c1-8(2)22-12-7-34-13(19(32)33)5-21-16(29)10(4-14(20)27)24-15(28)9(3)23-17(30)11(6-26)25-18(12)31/h8-13,22,26H,4-7H2,1-3H3,(H2,20,27)(H,21,29)(H,23,30)(H,24,28)(H,25,31)(H,32,33). The van der Waals surface area contributed by atoms with Crippen LogP contribution in [0.4, 0.5) is 0 Å². The topological polar surface area (TPSA) is 229 Å². The van der Waals surface area contributed by atoms with Gasteiger partial charge in [0.25, 0.3) is 0 Å². The summed E-state index contributed by atoms with van der Waals surface area (Å²) in [5, 5.41) is 30.3. The minimum Gasteiger partial charge on any atom is -0.480 e. The number of hydrogen-bond donors (Lipinski definition) is 8. The van der Waals surface area contributed by atoms with Gasteiger partial charge in [0.15, 0.2) is 0 Å². The summed E-state index contributed by atoms with van der Waals surface area (Å²) in [7, 11) is 0. The maximum absolute atomic E-state index is 12.8. The summed E-state index contributed by atoms with van der Waals surface area (Å²) in [5.74, 6) is -5.38. The van der Waals surface area contributed by atoms with E-state index in [0.717, 1.165) is 11.8 Å². The van der Waals surface area contributed by atoms with E-state index in [4.69, 9.17) is 5.73 Å². The van der Waals surface area contributed by atoms with Gasteiger partial charge in [0.1, 0.15) is 23.4 Å². The Bertz CT molecular complexity index is 795. The van der Waals surface area contributed by atoms with Crippen molar-refractivity contribution in [2.24, 2.45) is 5.73 Å². The van der Waals surface area contributed by atoms with Crippen LogP contribution in [0.5, 0.6) is 0 Å². The van der Waals surface area contributed by atoms with Crippen LogP contribution in [0, 0.1) is 0 Å². The van der Waals surface area contributed by atoms with Gasteiger partial charge in [-0.1, -0.05) is 13.8 Å². The predicted octanol–water partition coefficient (Wildman–Crippen LogP) is -3.99. The third-order valence-corrected chi connectivity index (χ3v) is 5.95. The van der Waals surface area contributed by atoms with Crippen molar-refractivity contribution in [3.63, 3.8) is 0 Å². The Hall–Kier alpha value is -2.91. The Kier molecular flexibility index (Phi) is 11.7. The van der Waals surface area contributed by atoms with E-state index in [-0.39, 0.29) is 18.3 Å². The Balaban J connectivity index is 3.26. The van der Waals surface area contributed by atoms with Crippen LogP contribution in [0.15, 0.2) is 0 Å². The summed E-state index contributed by atoms with van der Waals surface area (Å²) >= 11 is 0.867. The quantitative estimate of drug-likeness (QED) is 0.175. The minimum atomic E-state index is -1.40. The number of aliphatic carboxylic acids is 1. The molecule has 1 heterocycles. The van der Waals surface area contributed by atoms with Gasteiger partial charge in [-0.05, 0) is 6.92 Å². The molecule has 0 bridgehead atoms. The first kappa shape index (κ1) is 29.1. The van der Waals surface area contributed by atoms with Crippen molar-refractivity contribution >= 4 is 47.3 Å². The predicted molar refractivity (Wildman–Crippen MR) is 121 cm³/mol. The van der Waals surface area contributed by atoms with E-state index in [0.29, 0.717) is 0 Å². The van der Waals surface area contributed by atoms with Gasteiger partial charge >= 0.3 is 5.97 Å². The fourth-order valence-corrected chi connectivity index (χ4v) is 3.92. The molecule has 0 aromatic heterocycles. The zero-order valence-corrected chi connectivity index (χ0v) is 19.9. The average Bonchev–Trinajstić information content (AvgIpc) is 2.73. The van der Waals surface area contributed by atoms with Crippen LogP contribution in [-0.2, 0) is 28.8 Å². The lowest BCUT2D eigenvalue weighted by molar-refractivity contribution is -0.137. The van der Waals surface area contributed by atoms with Crippen molar-refractivity contribution in [1.82, 2.24) is 26.6 Å². The summed E-state index contributed by atoms with van der Waals surface area (Å²) in [6.07, 6.45) is -0.557. The van der Waals surface area contributed by atoms with E-state index < -0.39 is 78.0 Å². The molecular weight excluding hydrogens is 472 g/mol. The Morgan fingerprint density at radius 2 is 1.68 bits per heavy atom. The molecule has 0 aromatic rings. The van der Waals surface area contributed by atoms with Gasteiger partial charge in [0, 0.05) is 18.3 Å². The molecule has 1 rings (SSSR count). The van der Waals surface area contributed by atoms with Crippen molar-refractivity contribution in [2.45, 2.75) is 62.7 Å². The number of thioether (sulfide) groups is 1. The first-order valence-electron chi connectivity index (χ1n) is 10.5. The van der Waals surface area contributed by atoms with Crippen LogP contribution in [0.25, 0.3) is 0 Å². The highest BCUT2D eigenvalue weighted by atomic mass is 32.2. The molecule has 1 fully saturated rings. The number of rotatable bonds is 6. The van der Waals surface area contributed by atoms with E-state index in [1.807, 2.05) is 0 Å². The number of carboxylic acids is 1. The lowest BCUT2D eigenvalue weighted by Crippen LogP contribution is -2.59. The van der Waals surface area contributed by atoms with Crippen molar-refractivity contribution in [3.8, 4) is 0 Å². The van der Waals surface area contributed by atoms with Crippen LogP contribution in [0.2, 0.25) is 0 Å². The first-order chi connectivity index (χ1) is 15.8. The second-order valence-corrected chi connectivity index (χ2v) is 9.22. The van der Waals surface area contributed by atoms with Gasteiger partial charge in [-0.2, -0.15) is 0 Å². The van der Waals surface area contributed by atoms with Crippen LogP contribution >= 0.6 is 11.8 Å². The molecule has 34 heavy (non-hydrogen) atoms. The Labute approximate surface area is 200 Å². The highest BCUT2D eigenvalue weighted by molar-refractivity contribution is 8.00. The minimum absolute atomic E-state index is 0.0333. The molecule has 14 nitrogen and oxygen atoms in total. The van der Waals surface area contributed by atoms with Gasteiger partial charge in [-0.15, -0.1) is 11.8 Å². The summed E-state index contributed by atoms with van der Waals surface area (Å²) in [4.78, 5) is 73.4. The number of nitrogens with two attached hydrogens (primary N) is 1. The Morgan fingerprint density at radius 1 is 1.06 bits per heavy atom. The third kappa shape index (κ3) is 9.52. The number of aliphatic hydroxyl groups is 1. The average molecular weight is 505 g/mol. The van der Waals surface area contributed by atoms with E-state index in [2.05, 4.69) is 26.6 Å². The molecular formula is C19H32N6O8S. The summed E-state index contributed by atoms with van der Waals surface area (Å²) in [5.41, 5.74) is 5.15. The number of primary amides is 1. The molecule has 5 unspecified atom stereocenters. The zero-order chi connectivity index (χ0) is 26.0. The number of aliphatic hydroxyl groups excluding tert-OH is 1. The fraction of sp³-hybridized carbons (Fsp3) is 0.684. The van der Waals surface area contributed by atoms with E-state index in [1.54, 1.807) is 13.8 Å². The largest absolute Gasteiger partial charge is 0.480 e. The van der Waals surface area contributed by atoms with Crippen LogP contribution in [-0.4, -0.2) is 100 Å². The number of carboxylic acid groups (broad SMARTS) is 1. The summed E-state index contributed by atoms with van der Waals surface area (Å²) < 4.78 is 0. The normalized spacial score (nSPS) is 27.9. The second-order valence-electron chi connectivity index (χ2n) is 7.98. The van der Waals surface area contributed by atoms with E-state index in [1.165, 1.54) is 6.92 Å². The van der Waals surface area contributed by atoms with Crippen LogP contribution in [0.3, 0.4) is 0 Å². The van der Waals surface area contributed by atoms with Crippen LogP contribution < -0.4 is 32.3 Å². The fourth-order valence-electron chi connectivity index (χ4n) is 2.90. The number of nitrogens with one attached hydrogen (secondary N) is 5. The molecule has 0 aromatic carbocycles. The Morgan fingerprint density at radius 3 is 2.21 bits per heavy atom. The lowest BCUT2D eigenvalue weighted by Gasteiger charge is -2.26. The lowest BCUT2D eigenvalue weighted by atomic mass is 10.1. The molecule has 5 atom stereocenters. The molecule has 0 spiro atoms. The SMILES string of the molecule is CC(C)NC1CSC(C(=O)O)CNC(=O)C(CC(N)=O)NC(=O)C(C)NC(=O)C(CO)NC1=O. The molecule has 0 saturated carbocycles. The zero-order valence-electron chi connectivity index (χ0n) is 19.1. The molecule has 9 N–H and O–H groups in total. The monoisotopic (exact) mass is 504 g/mol. The van der Waals surface area contributed by atoms with Gasteiger partial charge < -0.3 is 42.5 Å². The number of hydrogen-bond acceptors (Lipinski definition) is 9. The molecule has 5 amide bonds. The molecule has 192 valence electrons. The number of carbonyl (C=O) groups is 6.